The zero-order valence-corrected chi connectivity index (χ0v) is 17.1. The summed E-state index contributed by atoms with van der Waals surface area (Å²) in [6.07, 6.45) is 4.86. The molecule has 152 valence electrons. The normalized spacial score (nSPS) is 29.1. The van der Waals surface area contributed by atoms with Crippen LogP contribution in [-0.2, 0) is 4.74 Å². The number of hydrogen-bond acceptors (Lipinski definition) is 3. The Bertz CT molecular complexity index is 882. The van der Waals surface area contributed by atoms with Crippen molar-refractivity contribution in [2.24, 2.45) is 17.8 Å². The van der Waals surface area contributed by atoms with E-state index in [1.807, 2.05) is 6.07 Å². The number of carbonyl (C=O) groups is 1. The molecular weight excluding hydrogens is 360 g/mol. The van der Waals surface area contributed by atoms with Gasteiger partial charge in [-0.25, -0.2) is 0 Å². The van der Waals surface area contributed by atoms with Crippen LogP contribution < -0.4 is 10.6 Å². The van der Waals surface area contributed by atoms with Gasteiger partial charge >= 0.3 is 0 Å². The lowest BCUT2D eigenvalue weighted by molar-refractivity contribution is 0.0948. The smallest absolute Gasteiger partial charge is 0.251 e. The maximum Gasteiger partial charge on any atom is 0.251 e. The van der Waals surface area contributed by atoms with Crippen LogP contribution in [0.2, 0.25) is 0 Å². The summed E-state index contributed by atoms with van der Waals surface area (Å²) in [5.41, 5.74) is 4.74. The summed E-state index contributed by atoms with van der Waals surface area (Å²) >= 11 is 0. The van der Waals surface area contributed by atoms with E-state index in [-0.39, 0.29) is 5.91 Å². The Morgan fingerprint density at radius 1 is 1.14 bits per heavy atom. The van der Waals surface area contributed by atoms with Crippen molar-refractivity contribution in [3.63, 3.8) is 0 Å². The molecule has 4 nitrogen and oxygen atoms in total. The van der Waals surface area contributed by atoms with Crippen LogP contribution in [0.1, 0.15) is 59.1 Å². The topological polar surface area (TPSA) is 50.4 Å². The SMILES string of the molecule is COCCCNC(=O)c1ccc2c(c1)[C@H]1[C@@H]3CC[C@H](C3)[C@@H]1[C@H](c1ccccc1)N2. The number of ether oxygens (including phenoxy) is 1. The highest BCUT2D eigenvalue weighted by Crippen LogP contribution is 2.63. The summed E-state index contributed by atoms with van der Waals surface area (Å²) in [6, 6.07) is 17.5. The van der Waals surface area contributed by atoms with Gasteiger partial charge in [0.15, 0.2) is 0 Å². The lowest BCUT2D eigenvalue weighted by Crippen LogP contribution is -2.35. The molecule has 1 heterocycles. The number of rotatable bonds is 6. The van der Waals surface area contributed by atoms with Crippen molar-refractivity contribution in [2.45, 2.75) is 37.6 Å². The molecule has 1 amide bonds. The van der Waals surface area contributed by atoms with Crippen LogP contribution in [0.3, 0.4) is 0 Å². The highest BCUT2D eigenvalue weighted by atomic mass is 16.5. The van der Waals surface area contributed by atoms with Gasteiger partial charge in [-0.3, -0.25) is 4.79 Å². The van der Waals surface area contributed by atoms with Crippen molar-refractivity contribution in [1.82, 2.24) is 5.32 Å². The van der Waals surface area contributed by atoms with Crippen molar-refractivity contribution in [2.75, 3.05) is 25.6 Å². The summed E-state index contributed by atoms with van der Waals surface area (Å²) < 4.78 is 5.07. The number of carbonyl (C=O) groups excluding carboxylic acids is 1. The molecule has 0 unspecified atom stereocenters. The standard InChI is InChI=1S/C25H30N2O2/c1-29-13-5-12-26-25(28)19-10-11-21-20(15-19)22-17-8-9-18(14-17)23(22)24(27-21)16-6-3-2-4-7-16/h2-4,6-7,10-11,15,17-18,22-24,27H,5,8-9,12-14H2,1H3,(H,26,28)/t17-,18-,22-,23+,24+/m1/s1. The average Bonchev–Trinajstić information content (AvgIpc) is 3.39. The first-order valence-corrected chi connectivity index (χ1v) is 11.0. The summed E-state index contributed by atoms with van der Waals surface area (Å²) in [4.78, 5) is 12.7. The first-order chi connectivity index (χ1) is 14.3. The second-order valence-electron chi connectivity index (χ2n) is 8.87. The van der Waals surface area contributed by atoms with Gasteiger partial charge in [0.25, 0.3) is 5.91 Å². The van der Waals surface area contributed by atoms with E-state index in [1.54, 1.807) is 7.11 Å². The number of hydrogen-bond donors (Lipinski definition) is 2. The highest BCUT2D eigenvalue weighted by Gasteiger charge is 2.53. The molecule has 4 heteroatoms. The fourth-order valence-corrected chi connectivity index (χ4v) is 6.14. The third-order valence-corrected chi connectivity index (χ3v) is 7.32. The number of amides is 1. The molecule has 2 fully saturated rings. The van der Waals surface area contributed by atoms with Gasteiger partial charge < -0.3 is 15.4 Å². The average molecular weight is 391 g/mol. The van der Waals surface area contributed by atoms with Gasteiger partial charge in [-0.05, 0) is 78.7 Å². The molecule has 5 atom stereocenters. The van der Waals surface area contributed by atoms with E-state index in [9.17, 15) is 4.79 Å². The van der Waals surface area contributed by atoms with Gasteiger partial charge in [0.1, 0.15) is 0 Å². The molecule has 0 saturated heterocycles. The molecule has 0 aromatic heterocycles. The third-order valence-electron chi connectivity index (χ3n) is 7.32. The summed E-state index contributed by atoms with van der Waals surface area (Å²) in [6.45, 7) is 1.32. The van der Waals surface area contributed by atoms with Crippen molar-refractivity contribution in [3.05, 3.63) is 65.2 Å². The lowest BCUT2D eigenvalue weighted by atomic mass is 9.68. The summed E-state index contributed by atoms with van der Waals surface area (Å²) in [5.74, 6) is 2.77. The second kappa shape index (κ2) is 7.83. The van der Waals surface area contributed by atoms with Crippen LogP contribution in [0.15, 0.2) is 48.5 Å². The summed E-state index contributed by atoms with van der Waals surface area (Å²) in [7, 11) is 1.69. The van der Waals surface area contributed by atoms with Crippen molar-refractivity contribution in [1.29, 1.82) is 0 Å². The van der Waals surface area contributed by atoms with Gasteiger partial charge in [0.05, 0.1) is 6.04 Å². The first-order valence-electron chi connectivity index (χ1n) is 11.0. The Hall–Kier alpha value is -2.33. The number of anilines is 1. The Balaban J connectivity index is 1.44. The van der Waals surface area contributed by atoms with Crippen LogP contribution in [0.4, 0.5) is 5.69 Å². The van der Waals surface area contributed by atoms with Crippen molar-refractivity contribution >= 4 is 11.6 Å². The van der Waals surface area contributed by atoms with Gasteiger partial charge in [-0.1, -0.05) is 30.3 Å². The van der Waals surface area contributed by atoms with E-state index in [1.165, 1.54) is 36.1 Å². The van der Waals surface area contributed by atoms with E-state index in [0.29, 0.717) is 31.0 Å². The molecule has 1 aliphatic heterocycles. The van der Waals surface area contributed by atoms with E-state index in [0.717, 1.165) is 23.8 Å². The van der Waals surface area contributed by atoms with Gasteiger partial charge in [0.2, 0.25) is 0 Å². The molecule has 29 heavy (non-hydrogen) atoms. The molecule has 0 spiro atoms. The molecule has 2 saturated carbocycles. The molecule has 3 aliphatic rings. The molecule has 2 aromatic rings. The van der Waals surface area contributed by atoms with Gasteiger partial charge in [-0.2, -0.15) is 0 Å². The maximum atomic E-state index is 12.7. The molecule has 0 radical (unpaired) electrons. The van der Waals surface area contributed by atoms with E-state index >= 15 is 0 Å². The first kappa shape index (κ1) is 18.7. The molecule has 2 bridgehead atoms. The minimum Gasteiger partial charge on any atom is -0.385 e. The van der Waals surface area contributed by atoms with Crippen LogP contribution >= 0.6 is 0 Å². The third kappa shape index (κ3) is 3.33. The predicted molar refractivity (Wildman–Crippen MR) is 115 cm³/mol. The van der Waals surface area contributed by atoms with Crippen molar-refractivity contribution < 1.29 is 9.53 Å². The van der Waals surface area contributed by atoms with Crippen molar-refractivity contribution in [3.8, 4) is 0 Å². The molecule has 5 rings (SSSR count). The van der Waals surface area contributed by atoms with Crippen LogP contribution in [0, 0.1) is 17.8 Å². The second-order valence-corrected chi connectivity index (χ2v) is 8.87. The lowest BCUT2D eigenvalue weighted by Gasteiger charge is -2.43. The van der Waals surface area contributed by atoms with Crippen LogP contribution in [0.25, 0.3) is 0 Å². The molecule has 2 aliphatic carbocycles. The number of benzene rings is 2. The zero-order valence-electron chi connectivity index (χ0n) is 17.1. The predicted octanol–water partition coefficient (Wildman–Crippen LogP) is 4.75. The Labute approximate surface area is 173 Å². The number of methoxy groups -OCH3 is 1. The summed E-state index contributed by atoms with van der Waals surface area (Å²) in [5, 5.41) is 6.88. The molecular formula is C25H30N2O2. The Morgan fingerprint density at radius 2 is 1.97 bits per heavy atom. The minimum absolute atomic E-state index is 0.0220. The Morgan fingerprint density at radius 3 is 2.79 bits per heavy atom. The Kier molecular flexibility index (Phi) is 5.04. The van der Waals surface area contributed by atoms with E-state index in [2.05, 4.69) is 53.1 Å². The minimum atomic E-state index is 0.0220. The molecule has 2 N–H and O–H groups in total. The van der Waals surface area contributed by atoms with E-state index in [4.69, 9.17) is 4.74 Å². The number of fused-ring (bicyclic) bond motifs is 7. The fraction of sp³-hybridized carbons (Fsp3) is 0.480. The quantitative estimate of drug-likeness (QED) is 0.700. The van der Waals surface area contributed by atoms with Crippen LogP contribution in [-0.4, -0.2) is 26.2 Å². The number of nitrogens with one attached hydrogen (secondary N) is 2. The zero-order chi connectivity index (χ0) is 19.8. The monoisotopic (exact) mass is 390 g/mol. The maximum absolute atomic E-state index is 12.7. The fourth-order valence-electron chi connectivity index (χ4n) is 6.14. The highest BCUT2D eigenvalue weighted by molar-refractivity contribution is 5.95. The van der Waals surface area contributed by atoms with Gasteiger partial charge in [-0.15, -0.1) is 0 Å². The molecule has 2 aromatic carbocycles. The van der Waals surface area contributed by atoms with E-state index < -0.39 is 0 Å². The largest absolute Gasteiger partial charge is 0.385 e. The van der Waals surface area contributed by atoms with Gasteiger partial charge in [0, 0.05) is 31.5 Å². The van der Waals surface area contributed by atoms with Crippen LogP contribution in [0.5, 0.6) is 0 Å².